The van der Waals surface area contributed by atoms with Gasteiger partial charge >= 0.3 is 0 Å². The molecular weight excluding hydrogens is 328 g/mol. The number of nitrogens with zero attached hydrogens (tertiary/aromatic N) is 2. The Kier molecular flexibility index (Phi) is 7.74. The van der Waals surface area contributed by atoms with Gasteiger partial charge in [0.25, 0.3) is 0 Å². The smallest absolute Gasteiger partial charge is 0.119 e. The maximum absolute atomic E-state index is 10.4. The third-order valence-corrected chi connectivity index (χ3v) is 5.55. The SMILES string of the molecule is CN(C[C@H](O)COc1cccc(CN2CCOCC2)c1)C1CCCCC1. The summed E-state index contributed by atoms with van der Waals surface area (Å²) in [5.41, 5.74) is 1.25. The van der Waals surface area contributed by atoms with Gasteiger partial charge in [0.1, 0.15) is 18.5 Å². The zero-order valence-corrected chi connectivity index (χ0v) is 16.1. The number of hydrogen-bond donors (Lipinski definition) is 1. The van der Waals surface area contributed by atoms with E-state index in [4.69, 9.17) is 9.47 Å². The highest BCUT2D eigenvalue weighted by molar-refractivity contribution is 5.28. The second-order valence-corrected chi connectivity index (χ2v) is 7.73. The van der Waals surface area contributed by atoms with Gasteiger partial charge in [-0.2, -0.15) is 0 Å². The van der Waals surface area contributed by atoms with Crippen molar-refractivity contribution in [2.24, 2.45) is 0 Å². The van der Waals surface area contributed by atoms with Crippen molar-refractivity contribution in [1.29, 1.82) is 0 Å². The van der Waals surface area contributed by atoms with Crippen molar-refractivity contribution in [3.8, 4) is 5.75 Å². The fourth-order valence-corrected chi connectivity index (χ4v) is 4.00. The molecule has 26 heavy (non-hydrogen) atoms. The topological polar surface area (TPSA) is 45.2 Å². The molecule has 1 aliphatic carbocycles. The first kappa shape index (κ1) is 19.6. The van der Waals surface area contributed by atoms with Gasteiger partial charge < -0.3 is 19.5 Å². The fraction of sp³-hybridized carbons (Fsp3) is 0.714. The van der Waals surface area contributed by atoms with Crippen LogP contribution in [0.25, 0.3) is 0 Å². The van der Waals surface area contributed by atoms with Crippen molar-refractivity contribution in [3.05, 3.63) is 29.8 Å². The van der Waals surface area contributed by atoms with Crippen LogP contribution < -0.4 is 4.74 Å². The van der Waals surface area contributed by atoms with Crippen LogP contribution in [0.2, 0.25) is 0 Å². The Labute approximate surface area is 157 Å². The molecule has 3 rings (SSSR count). The maximum atomic E-state index is 10.4. The lowest BCUT2D eigenvalue weighted by Crippen LogP contribution is -2.40. The van der Waals surface area contributed by atoms with Crippen LogP contribution in [0.4, 0.5) is 0 Å². The van der Waals surface area contributed by atoms with Crippen LogP contribution >= 0.6 is 0 Å². The largest absolute Gasteiger partial charge is 0.491 e. The molecule has 5 heteroatoms. The Morgan fingerprint density at radius 3 is 2.77 bits per heavy atom. The van der Waals surface area contributed by atoms with E-state index >= 15 is 0 Å². The molecule has 1 aliphatic heterocycles. The molecule has 0 amide bonds. The highest BCUT2D eigenvalue weighted by atomic mass is 16.5. The Hall–Kier alpha value is -1.14. The number of hydrogen-bond acceptors (Lipinski definition) is 5. The van der Waals surface area contributed by atoms with Gasteiger partial charge in [-0.25, -0.2) is 0 Å². The fourth-order valence-electron chi connectivity index (χ4n) is 4.00. The minimum absolute atomic E-state index is 0.345. The quantitative estimate of drug-likeness (QED) is 0.770. The summed E-state index contributed by atoms with van der Waals surface area (Å²) in [6.45, 7) is 5.55. The molecule has 1 N–H and O–H groups in total. The van der Waals surface area contributed by atoms with Crippen molar-refractivity contribution in [2.75, 3.05) is 46.5 Å². The zero-order valence-electron chi connectivity index (χ0n) is 16.1. The summed E-state index contributed by atoms with van der Waals surface area (Å²) >= 11 is 0. The van der Waals surface area contributed by atoms with Gasteiger partial charge in [0.15, 0.2) is 0 Å². The van der Waals surface area contributed by atoms with Crippen LogP contribution in [0.15, 0.2) is 24.3 Å². The molecule has 1 atom stereocenters. The average molecular weight is 363 g/mol. The Balaban J connectivity index is 1.42. The van der Waals surface area contributed by atoms with E-state index in [0.29, 0.717) is 19.2 Å². The second kappa shape index (κ2) is 10.3. The minimum atomic E-state index is -0.454. The van der Waals surface area contributed by atoms with E-state index in [1.54, 1.807) is 0 Å². The number of aliphatic hydroxyl groups excluding tert-OH is 1. The van der Waals surface area contributed by atoms with E-state index in [1.807, 2.05) is 12.1 Å². The van der Waals surface area contributed by atoms with Crippen molar-refractivity contribution >= 4 is 0 Å². The van der Waals surface area contributed by atoms with Gasteiger partial charge in [0.2, 0.25) is 0 Å². The second-order valence-electron chi connectivity index (χ2n) is 7.73. The lowest BCUT2D eigenvalue weighted by atomic mass is 9.94. The van der Waals surface area contributed by atoms with Crippen molar-refractivity contribution < 1.29 is 14.6 Å². The summed E-state index contributed by atoms with van der Waals surface area (Å²) < 4.78 is 11.3. The maximum Gasteiger partial charge on any atom is 0.119 e. The molecular formula is C21H34N2O3. The summed E-state index contributed by atoms with van der Waals surface area (Å²) in [7, 11) is 2.13. The van der Waals surface area contributed by atoms with Crippen molar-refractivity contribution in [1.82, 2.24) is 9.80 Å². The summed E-state index contributed by atoms with van der Waals surface area (Å²) in [4.78, 5) is 4.71. The molecule has 0 radical (unpaired) electrons. The molecule has 1 aromatic carbocycles. The molecule has 1 saturated carbocycles. The monoisotopic (exact) mass is 362 g/mol. The molecule has 0 spiro atoms. The van der Waals surface area contributed by atoms with E-state index < -0.39 is 6.10 Å². The van der Waals surface area contributed by atoms with Crippen molar-refractivity contribution in [2.45, 2.75) is 50.8 Å². The Morgan fingerprint density at radius 1 is 1.23 bits per heavy atom. The summed E-state index contributed by atoms with van der Waals surface area (Å²) in [6, 6.07) is 8.85. The predicted octanol–water partition coefficient (Wildman–Crippen LogP) is 2.52. The highest BCUT2D eigenvalue weighted by Crippen LogP contribution is 2.22. The number of aliphatic hydroxyl groups is 1. The lowest BCUT2D eigenvalue weighted by Gasteiger charge is -2.32. The van der Waals surface area contributed by atoms with E-state index in [2.05, 4.69) is 29.0 Å². The molecule has 5 nitrogen and oxygen atoms in total. The van der Waals surface area contributed by atoms with Crippen LogP contribution in [0.5, 0.6) is 5.75 Å². The van der Waals surface area contributed by atoms with Gasteiger partial charge in [-0.3, -0.25) is 4.90 Å². The number of morpholine rings is 1. The van der Waals surface area contributed by atoms with Gasteiger partial charge in [0.05, 0.1) is 13.2 Å². The number of benzene rings is 1. The normalized spacial score (nSPS) is 21.0. The molecule has 1 saturated heterocycles. The average Bonchev–Trinajstić information content (AvgIpc) is 2.68. The Bertz CT molecular complexity index is 528. The molecule has 2 fully saturated rings. The zero-order chi connectivity index (χ0) is 18.2. The predicted molar refractivity (Wildman–Crippen MR) is 104 cm³/mol. The minimum Gasteiger partial charge on any atom is -0.491 e. The third kappa shape index (κ3) is 6.23. The summed E-state index contributed by atoms with van der Waals surface area (Å²) in [5, 5.41) is 10.4. The van der Waals surface area contributed by atoms with E-state index in [-0.39, 0.29) is 0 Å². The molecule has 146 valence electrons. The first-order valence-electron chi connectivity index (χ1n) is 10.1. The molecule has 2 aliphatic rings. The van der Waals surface area contributed by atoms with Gasteiger partial charge in [-0.1, -0.05) is 31.4 Å². The Morgan fingerprint density at radius 2 is 2.00 bits per heavy atom. The summed E-state index contributed by atoms with van der Waals surface area (Å²) in [5.74, 6) is 0.843. The molecule has 0 aromatic heterocycles. The van der Waals surface area contributed by atoms with Crippen LogP contribution in [0.1, 0.15) is 37.7 Å². The van der Waals surface area contributed by atoms with Crippen molar-refractivity contribution in [3.63, 3.8) is 0 Å². The number of likely N-dealkylation sites (N-methyl/N-ethyl adjacent to an activating group) is 1. The van der Waals surface area contributed by atoms with Crippen LogP contribution in [-0.2, 0) is 11.3 Å². The first-order chi connectivity index (χ1) is 12.7. The lowest BCUT2D eigenvalue weighted by molar-refractivity contribution is 0.0341. The van der Waals surface area contributed by atoms with E-state index in [1.165, 1.54) is 37.7 Å². The van der Waals surface area contributed by atoms with Crippen LogP contribution in [-0.4, -0.2) is 73.6 Å². The first-order valence-corrected chi connectivity index (χ1v) is 10.1. The molecule has 0 bridgehead atoms. The van der Waals surface area contributed by atoms with Gasteiger partial charge in [-0.15, -0.1) is 0 Å². The number of rotatable bonds is 8. The number of ether oxygens (including phenoxy) is 2. The van der Waals surface area contributed by atoms with Gasteiger partial charge in [0, 0.05) is 32.2 Å². The summed E-state index contributed by atoms with van der Waals surface area (Å²) in [6.07, 6.45) is 6.05. The van der Waals surface area contributed by atoms with Crippen LogP contribution in [0.3, 0.4) is 0 Å². The molecule has 0 unspecified atom stereocenters. The standard InChI is InChI=1S/C21H34N2O3/c1-22(19-7-3-2-4-8-19)16-20(24)17-26-21-9-5-6-18(14-21)15-23-10-12-25-13-11-23/h5-6,9,14,19-20,24H,2-4,7-8,10-13,15-17H2,1H3/t20-/m0/s1. The molecule has 1 heterocycles. The van der Waals surface area contributed by atoms with Gasteiger partial charge in [-0.05, 0) is 37.6 Å². The van der Waals surface area contributed by atoms with E-state index in [9.17, 15) is 5.11 Å². The highest BCUT2D eigenvalue weighted by Gasteiger charge is 2.20. The van der Waals surface area contributed by atoms with Crippen LogP contribution in [0, 0.1) is 0 Å². The third-order valence-electron chi connectivity index (χ3n) is 5.55. The molecule has 1 aromatic rings. The van der Waals surface area contributed by atoms with E-state index in [0.717, 1.165) is 38.6 Å².